The molecule has 0 radical (unpaired) electrons. The van der Waals surface area contributed by atoms with Gasteiger partial charge in [0.15, 0.2) is 0 Å². The molecule has 16 heavy (non-hydrogen) atoms. The number of carboxylic acids is 1. The van der Waals surface area contributed by atoms with Gasteiger partial charge < -0.3 is 9.84 Å². The number of aromatic carboxylic acids is 1. The zero-order valence-electron chi connectivity index (χ0n) is 8.71. The zero-order valence-corrected chi connectivity index (χ0v) is 8.71. The molecule has 1 heterocycles. The van der Waals surface area contributed by atoms with Gasteiger partial charge in [0.1, 0.15) is 5.69 Å². The highest BCUT2D eigenvalue weighted by Crippen LogP contribution is 2.03. The fourth-order valence-corrected chi connectivity index (χ4v) is 1.00. The third kappa shape index (κ3) is 3.53. The normalized spacial score (nSPS) is 10.3. The molecule has 0 aromatic carbocycles. The summed E-state index contributed by atoms with van der Waals surface area (Å²) in [5, 5.41) is 8.61. The Morgan fingerprint density at radius 3 is 2.75 bits per heavy atom. The highest BCUT2D eigenvalue weighted by atomic mass is 16.5. The monoisotopic (exact) mass is 221 g/mol. The molecule has 0 unspecified atom stereocenters. The largest absolute Gasteiger partial charge is 0.477 e. The van der Waals surface area contributed by atoms with Gasteiger partial charge in [0.25, 0.3) is 0 Å². The molecule has 0 amide bonds. The van der Waals surface area contributed by atoms with E-state index in [4.69, 9.17) is 5.11 Å². The highest BCUT2D eigenvalue weighted by molar-refractivity contribution is 5.85. The minimum atomic E-state index is -1.06. The van der Waals surface area contributed by atoms with E-state index in [0.29, 0.717) is 0 Å². The fourth-order valence-electron chi connectivity index (χ4n) is 1.00. The summed E-state index contributed by atoms with van der Waals surface area (Å²) < 4.78 is 4.46. The minimum Gasteiger partial charge on any atom is -0.477 e. The summed E-state index contributed by atoms with van der Waals surface area (Å²) in [6, 6.07) is 3.02. The number of carboxylic acid groups (broad SMARTS) is 1. The molecule has 0 saturated heterocycles. The summed E-state index contributed by atoms with van der Waals surface area (Å²) in [6.45, 7) is 0. The average Bonchev–Trinajstić information content (AvgIpc) is 2.29. The van der Waals surface area contributed by atoms with Crippen LogP contribution in [0.15, 0.2) is 24.4 Å². The Morgan fingerprint density at radius 1 is 1.50 bits per heavy atom. The van der Waals surface area contributed by atoms with Gasteiger partial charge in [-0.25, -0.2) is 9.78 Å². The first kappa shape index (κ1) is 11.9. The number of ether oxygens (including phenoxy) is 1. The van der Waals surface area contributed by atoms with Crippen molar-refractivity contribution >= 4 is 18.0 Å². The molecule has 1 rings (SSSR count). The molecular weight excluding hydrogens is 210 g/mol. The molecule has 1 aromatic rings. The topological polar surface area (TPSA) is 76.5 Å². The van der Waals surface area contributed by atoms with Crippen molar-refractivity contribution in [2.24, 2.45) is 0 Å². The summed E-state index contributed by atoms with van der Waals surface area (Å²) >= 11 is 0. The lowest BCUT2D eigenvalue weighted by Gasteiger charge is -1.95. The molecule has 0 aliphatic heterocycles. The van der Waals surface area contributed by atoms with Gasteiger partial charge in [0.2, 0.25) is 0 Å². The summed E-state index contributed by atoms with van der Waals surface area (Å²) in [5.74, 6) is -1.39. The number of nitrogens with zero attached hydrogens (tertiary/aromatic N) is 1. The number of methoxy groups -OCH3 is 1. The number of pyridine rings is 1. The van der Waals surface area contributed by atoms with Crippen LogP contribution in [0.2, 0.25) is 0 Å². The van der Waals surface area contributed by atoms with E-state index in [-0.39, 0.29) is 18.1 Å². The van der Waals surface area contributed by atoms with Crippen LogP contribution in [-0.2, 0) is 9.53 Å². The summed E-state index contributed by atoms with van der Waals surface area (Å²) in [5.41, 5.74) is 0.721. The van der Waals surface area contributed by atoms with Gasteiger partial charge in [-0.1, -0.05) is 18.2 Å². The van der Waals surface area contributed by atoms with Crippen molar-refractivity contribution in [3.8, 4) is 0 Å². The maximum atomic E-state index is 10.8. The van der Waals surface area contributed by atoms with E-state index in [1.807, 2.05) is 0 Å². The summed E-state index contributed by atoms with van der Waals surface area (Å²) in [6.07, 6.45) is 4.91. The van der Waals surface area contributed by atoms with Crippen LogP contribution in [0.4, 0.5) is 0 Å². The van der Waals surface area contributed by atoms with Crippen LogP contribution in [0.25, 0.3) is 6.08 Å². The predicted octanol–water partition coefficient (Wildman–Crippen LogP) is 1.36. The van der Waals surface area contributed by atoms with Crippen molar-refractivity contribution in [1.82, 2.24) is 4.98 Å². The lowest BCUT2D eigenvalue weighted by molar-refractivity contribution is -0.139. The summed E-state index contributed by atoms with van der Waals surface area (Å²) in [7, 11) is 1.32. The Morgan fingerprint density at radius 2 is 2.25 bits per heavy atom. The lowest BCUT2D eigenvalue weighted by Crippen LogP contribution is -1.99. The van der Waals surface area contributed by atoms with E-state index < -0.39 is 5.97 Å². The molecule has 5 nitrogen and oxygen atoms in total. The van der Waals surface area contributed by atoms with Crippen LogP contribution in [-0.4, -0.2) is 29.1 Å². The van der Waals surface area contributed by atoms with Crippen molar-refractivity contribution in [1.29, 1.82) is 0 Å². The molecule has 1 N–H and O–H groups in total. The number of carbonyl (C=O) groups is 2. The molecule has 84 valence electrons. The van der Waals surface area contributed by atoms with Crippen molar-refractivity contribution in [3.63, 3.8) is 0 Å². The first-order valence-electron chi connectivity index (χ1n) is 4.56. The second-order valence-corrected chi connectivity index (χ2v) is 2.96. The van der Waals surface area contributed by atoms with Crippen LogP contribution in [0.1, 0.15) is 22.5 Å². The van der Waals surface area contributed by atoms with Crippen molar-refractivity contribution in [2.75, 3.05) is 7.11 Å². The Kier molecular flexibility index (Phi) is 4.20. The van der Waals surface area contributed by atoms with E-state index in [1.165, 1.54) is 19.4 Å². The van der Waals surface area contributed by atoms with Crippen molar-refractivity contribution in [3.05, 3.63) is 35.7 Å². The van der Waals surface area contributed by atoms with E-state index in [2.05, 4.69) is 9.72 Å². The third-order valence-electron chi connectivity index (χ3n) is 1.83. The van der Waals surface area contributed by atoms with Crippen molar-refractivity contribution < 1.29 is 19.4 Å². The molecule has 0 saturated carbocycles. The predicted molar refractivity (Wildman–Crippen MR) is 56.9 cm³/mol. The van der Waals surface area contributed by atoms with E-state index >= 15 is 0 Å². The van der Waals surface area contributed by atoms with Crippen LogP contribution < -0.4 is 0 Å². The van der Waals surface area contributed by atoms with Gasteiger partial charge in [0.05, 0.1) is 13.5 Å². The second kappa shape index (κ2) is 5.65. The molecule has 0 atom stereocenters. The van der Waals surface area contributed by atoms with Crippen LogP contribution in [0, 0.1) is 0 Å². The first-order chi connectivity index (χ1) is 7.63. The molecule has 0 spiro atoms. The second-order valence-electron chi connectivity index (χ2n) is 2.96. The number of hydrogen-bond acceptors (Lipinski definition) is 4. The van der Waals surface area contributed by atoms with Crippen LogP contribution >= 0.6 is 0 Å². The lowest BCUT2D eigenvalue weighted by atomic mass is 10.2. The van der Waals surface area contributed by atoms with Gasteiger partial charge >= 0.3 is 11.9 Å². The van der Waals surface area contributed by atoms with Gasteiger partial charge in [-0.15, -0.1) is 0 Å². The number of aromatic nitrogens is 1. The Balaban J connectivity index is 2.61. The number of esters is 1. The average molecular weight is 221 g/mol. The number of rotatable bonds is 4. The maximum Gasteiger partial charge on any atom is 0.354 e. The quantitative estimate of drug-likeness (QED) is 0.777. The number of carbonyl (C=O) groups excluding carboxylic acids is 1. The molecule has 1 aromatic heterocycles. The Hall–Kier alpha value is -2.17. The smallest absolute Gasteiger partial charge is 0.354 e. The van der Waals surface area contributed by atoms with E-state index in [9.17, 15) is 9.59 Å². The molecule has 0 aliphatic carbocycles. The van der Waals surface area contributed by atoms with Gasteiger partial charge in [-0.05, 0) is 11.6 Å². The molecular formula is C11H11NO4. The fraction of sp³-hybridized carbons (Fsp3) is 0.182. The Bertz CT molecular complexity index is 408. The van der Waals surface area contributed by atoms with E-state index in [1.54, 1.807) is 18.2 Å². The van der Waals surface area contributed by atoms with Crippen LogP contribution in [0.3, 0.4) is 0 Å². The maximum absolute atomic E-state index is 10.8. The SMILES string of the molecule is COC(=O)CC=Cc1ccc(C(=O)O)nc1. The zero-order chi connectivity index (χ0) is 12.0. The standard InChI is InChI=1S/C11H11NO4/c1-16-10(13)4-2-3-8-5-6-9(11(14)15)12-7-8/h2-3,5-7H,4H2,1H3,(H,14,15). The first-order valence-corrected chi connectivity index (χ1v) is 4.56. The molecule has 0 aliphatic rings. The van der Waals surface area contributed by atoms with Gasteiger partial charge in [-0.2, -0.15) is 0 Å². The molecule has 0 fully saturated rings. The Labute approximate surface area is 92.4 Å². The van der Waals surface area contributed by atoms with E-state index in [0.717, 1.165) is 5.56 Å². The molecule has 0 bridgehead atoms. The van der Waals surface area contributed by atoms with Crippen LogP contribution in [0.5, 0.6) is 0 Å². The number of hydrogen-bond donors (Lipinski definition) is 1. The van der Waals surface area contributed by atoms with Gasteiger partial charge in [-0.3, -0.25) is 4.79 Å². The highest BCUT2D eigenvalue weighted by Gasteiger charge is 2.02. The summed E-state index contributed by atoms with van der Waals surface area (Å²) in [4.78, 5) is 25.0. The third-order valence-corrected chi connectivity index (χ3v) is 1.83. The van der Waals surface area contributed by atoms with Gasteiger partial charge in [0, 0.05) is 6.20 Å². The molecule has 5 heteroatoms. The van der Waals surface area contributed by atoms with Crippen molar-refractivity contribution in [2.45, 2.75) is 6.42 Å². The minimum absolute atomic E-state index is 0.00915.